The fourth-order valence-corrected chi connectivity index (χ4v) is 4.23. The summed E-state index contributed by atoms with van der Waals surface area (Å²) in [6.07, 6.45) is 0. The molecule has 0 radical (unpaired) electrons. The summed E-state index contributed by atoms with van der Waals surface area (Å²) in [7, 11) is 1.66. The van der Waals surface area contributed by atoms with Gasteiger partial charge < -0.3 is 15.0 Å². The molecule has 3 rings (SSSR count). The first kappa shape index (κ1) is 23.7. The van der Waals surface area contributed by atoms with Crippen LogP contribution in [-0.2, 0) is 20.9 Å². The van der Waals surface area contributed by atoms with Crippen molar-refractivity contribution >= 4 is 11.6 Å². The number of nitrogens with one attached hydrogen (secondary N) is 1. The highest BCUT2D eigenvalue weighted by Gasteiger charge is 2.40. The lowest BCUT2D eigenvalue weighted by molar-refractivity contribution is -0.121. The topological polar surface area (TPSA) is 44.8 Å². The van der Waals surface area contributed by atoms with Crippen molar-refractivity contribution in [3.05, 3.63) is 29.3 Å². The fourth-order valence-electron chi connectivity index (χ4n) is 4.23. The number of rotatable bonds is 5. The number of alkyl halides is 2. The van der Waals surface area contributed by atoms with Crippen LogP contribution in [0.4, 0.5) is 14.5 Å². The molecule has 7 heteroatoms. The highest BCUT2D eigenvalue weighted by atomic mass is 19.3. The average Bonchev–Trinajstić information content (AvgIpc) is 2.88. The van der Waals surface area contributed by atoms with E-state index < -0.39 is 5.92 Å². The van der Waals surface area contributed by atoms with Crippen LogP contribution in [0.2, 0.25) is 0 Å². The number of benzene rings is 1. The Morgan fingerprint density at radius 1 is 1.38 bits per heavy atom. The van der Waals surface area contributed by atoms with Crippen molar-refractivity contribution in [2.24, 2.45) is 0 Å². The van der Waals surface area contributed by atoms with Gasteiger partial charge in [0.05, 0.1) is 13.2 Å². The van der Waals surface area contributed by atoms with Crippen molar-refractivity contribution < 1.29 is 18.3 Å². The van der Waals surface area contributed by atoms with Crippen LogP contribution in [0.25, 0.3) is 0 Å². The van der Waals surface area contributed by atoms with Gasteiger partial charge in [0.25, 0.3) is 5.92 Å². The summed E-state index contributed by atoms with van der Waals surface area (Å²) < 4.78 is 33.0. The van der Waals surface area contributed by atoms with Crippen LogP contribution < -0.4 is 10.2 Å². The number of piperazine rings is 1. The van der Waals surface area contributed by atoms with Crippen molar-refractivity contribution in [2.75, 3.05) is 44.8 Å². The number of amides is 1. The number of anilines is 1. The van der Waals surface area contributed by atoms with Crippen molar-refractivity contribution in [3.63, 3.8) is 0 Å². The van der Waals surface area contributed by atoms with Gasteiger partial charge in [-0.1, -0.05) is 33.4 Å². The minimum absolute atomic E-state index is 0. The molecule has 2 aliphatic rings. The average molecular weight is 412 g/mol. The van der Waals surface area contributed by atoms with Crippen molar-refractivity contribution in [2.45, 2.75) is 58.5 Å². The van der Waals surface area contributed by atoms with Crippen LogP contribution in [0, 0.1) is 0 Å². The normalized spacial score (nSPS) is 24.2. The van der Waals surface area contributed by atoms with E-state index in [9.17, 15) is 13.6 Å². The number of ether oxygens (including phenoxy) is 1. The van der Waals surface area contributed by atoms with Gasteiger partial charge in [-0.05, 0) is 18.6 Å². The Morgan fingerprint density at radius 2 is 2.07 bits per heavy atom. The van der Waals surface area contributed by atoms with Crippen LogP contribution in [0.5, 0.6) is 0 Å². The minimum Gasteiger partial charge on any atom is -0.383 e. The number of halogens is 2. The van der Waals surface area contributed by atoms with Crippen LogP contribution in [0.15, 0.2) is 18.2 Å². The summed E-state index contributed by atoms with van der Waals surface area (Å²) in [6.45, 7) is 9.86. The molecule has 2 aliphatic heterocycles. The third kappa shape index (κ3) is 4.95. The molecule has 0 saturated carbocycles. The summed E-state index contributed by atoms with van der Waals surface area (Å²) in [5, 5.41) is 3.41. The smallest absolute Gasteiger partial charge is 0.270 e. The second kappa shape index (κ2) is 8.66. The monoisotopic (exact) mass is 411 g/mol. The third-order valence-electron chi connectivity index (χ3n) is 5.80. The number of carbonyl (C=O) groups is 1. The van der Waals surface area contributed by atoms with Crippen LogP contribution in [-0.4, -0.2) is 62.8 Å². The predicted octanol–water partition coefficient (Wildman–Crippen LogP) is 3.37. The molecular weight excluding hydrogens is 376 g/mol. The van der Waals surface area contributed by atoms with E-state index >= 15 is 0 Å². The van der Waals surface area contributed by atoms with Gasteiger partial charge in [0.2, 0.25) is 5.91 Å². The van der Waals surface area contributed by atoms with E-state index in [0.717, 1.165) is 25.6 Å². The number of nitrogens with zero attached hydrogens (tertiary/aromatic N) is 2. The summed E-state index contributed by atoms with van der Waals surface area (Å²) in [6, 6.07) is 5.10. The number of hydrogen-bond donors (Lipinski definition) is 1. The molecule has 0 unspecified atom stereocenters. The molecule has 0 aromatic heterocycles. The lowest BCUT2D eigenvalue weighted by atomic mass is 9.86. The molecule has 0 bridgehead atoms. The van der Waals surface area contributed by atoms with E-state index in [1.54, 1.807) is 18.1 Å². The number of carbonyl (C=O) groups excluding carboxylic acids is 1. The Bertz CT molecular complexity index is 733. The Kier molecular flexibility index (Phi) is 7.08. The van der Waals surface area contributed by atoms with E-state index in [4.69, 9.17) is 4.74 Å². The van der Waals surface area contributed by atoms with Gasteiger partial charge in [0, 0.05) is 62.4 Å². The molecule has 1 saturated heterocycles. The SMILES string of the molecule is C.COC[C@H]1CN[C@H](C)CN1CC(=O)N1CC(C)(C)c2ccc(C(C)(F)F)cc21. The number of methoxy groups -OCH3 is 1. The summed E-state index contributed by atoms with van der Waals surface area (Å²) in [4.78, 5) is 17.0. The highest BCUT2D eigenvalue weighted by Crippen LogP contribution is 2.43. The maximum atomic E-state index is 13.9. The van der Waals surface area contributed by atoms with Crippen molar-refractivity contribution in [3.8, 4) is 0 Å². The first-order valence-corrected chi connectivity index (χ1v) is 9.82. The zero-order valence-corrected chi connectivity index (χ0v) is 17.4. The largest absolute Gasteiger partial charge is 0.383 e. The molecule has 1 aromatic rings. The summed E-state index contributed by atoms with van der Waals surface area (Å²) in [5.41, 5.74) is 1.22. The molecule has 0 spiro atoms. The summed E-state index contributed by atoms with van der Waals surface area (Å²) >= 11 is 0. The van der Waals surface area contributed by atoms with E-state index in [2.05, 4.69) is 17.1 Å². The van der Waals surface area contributed by atoms with Gasteiger partial charge in [-0.2, -0.15) is 0 Å². The standard InChI is InChI=1S/C21H31F2N3O2.CH4/c1-14-10-25(16(9-24-14)12-28-5)11-19(27)26-13-20(2,3)17-7-6-15(8-18(17)26)21(4,22)23;/h6-8,14,16,24H,9-13H2,1-5H3;1H4/t14-,16-;/m1./s1. The van der Waals surface area contributed by atoms with Gasteiger partial charge in [-0.3, -0.25) is 9.69 Å². The molecule has 0 aliphatic carbocycles. The second-order valence-corrected chi connectivity index (χ2v) is 8.83. The van der Waals surface area contributed by atoms with Gasteiger partial charge in [0.15, 0.2) is 0 Å². The molecule has 5 nitrogen and oxygen atoms in total. The fraction of sp³-hybridized carbons (Fsp3) is 0.682. The van der Waals surface area contributed by atoms with Gasteiger partial charge in [0.1, 0.15) is 0 Å². The first-order valence-electron chi connectivity index (χ1n) is 9.82. The first-order chi connectivity index (χ1) is 13.0. The van der Waals surface area contributed by atoms with E-state index in [1.165, 1.54) is 12.1 Å². The Morgan fingerprint density at radius 3 is 2.69 bits per heavy atom. The van der Waals surface area contributed by atoms with Crippen molar-refractivity contribution in [1.82, 2.24) is 10.2 Å². The third-order valence-corrected chi connectivity index (χ3v) is 5.80. The maximum Gasteiger partial charge on any atom is 0.270 e. The van der Waals surface area contributed by atoms with E-state index in [1.807, 2.05) is 13.8 Å². The Labute approximate surface area is 173 Å². The van der Waals surface area contributed by atoms with Crippen LogP contribution in [0.3, 0.4) is 0 Å². The van der Waals surface area contributed by atoms with E-state index in [0.29, 0.717) is 18.8 Å². The van der Waals surface area contributed by atoms with Gasteiger partial charge in [-0.15, -0.1) is 0 Å². The number of fused-ring (bicyclic) bond motifs is 1. The highest BCUT2D eigenvalue weighted by molar-refractivity contribution is 5.97. The predicted molar refractivity (Wildman–Crippen MR) is 113 cm³/mol. The molecule has 1 N–H and O–H groups in total. The van der Waals surface area contributed by atoms with Crippen LogP contribution in [0.1, 0.15) is 46.2 Å². The molecule has 1 fully saturated rings. The minimum atomic E-state index is -2.94. The molecule has 2 atom stereocenters. The van der Waals surface area contributed by atoms with Crippen LogP contribution >= 0.6 is 0 Å². The second-order valence-electron chi connectivity index (χ2n) is 8.83. The molecular formula is C22H35F2N3O2. The van der Waals surface area contributed by atoms with E-state index in [-0.39, 0.29) is 42.9 Å². The summed E-state index contributed by atoms with van der Waals surface area (Å²) in [5.74, 6) is -2.99. The molecule has 2 heterocycles. The lowest BCUT2D eigenvalue weighted by Gasteiger charge is -2.39. The molecule has 1 aromatic carbocycles. The molecule has 29 heavy (non-hydrogen) atoms. The maximum absolute atomic E-state index is 13.9. The Hall–Kier alpha value is -1.57. The zero-order chi connectivity index (χ0) is 20.7. The zero-order valence-electron chi connectivity index (χ0n) is 17.4. The molecule has 164 valence electrons. The molecule has 1 amide bonds. The quantitative estimate of drug-likeness (QED) is 0.807. The Balaban J connectivity index is 0.00000300. The van der Waals surface area contributed by atoms with Gasteiger partial charge in [-0.25, -0.2) is 8.78 Å². The van der Waals surface area contributed by atoms with Gasteiger partial charge >= 0.3 is 0 Å². The lowest BCUT2D eigenvalue weighted by Crippen LogP contribution is -2.59. The number of hydrogen-bond acceptors (Lipinski definition) is 4. The van der Waals surface area contributed by atoms with Crippen molar-refractivity contribution in [1.29, 1.82) is 0 Å².